The van der Waals surface area contributed by atoms with Crippen molar-refractivity contribution in [2.24, 2.45) is 5.92 Å². The Hall–Kier alpha value is -0.280. The molecule has 3 nitrogen and oxygen atoms in total. The van der Waals surface area contributed by atoms with Crippen LogP contribution in [0.2, 0.25) is 0 Å². The summed E-state index contributed by atoms with van der Waals surface area (Å²) in [5.41, 5.74) is 0. The van der Waals surface area contributed by atoms with Gasteiger partial charge in [-0.3, -0.25) is 4.79 Å². The van der Waals surface area contributed by atoms with E-state index in [9.17, 15) is 4.79 Å². The van der Waals surface area contributed by atoms with Gasteiger partial charge in [0.25, 0.3) is 0 Å². The lowest BCUT2D eigenvalue weighted by Crippen LogP contribution is -2.31. The Balaban J connectivity index is 1.60. The zero-order valence-electron chi connectivity index (χ0n) is 9.58. The highest BCUT2D eigenvalue weighted by Crippen LogP contribution is 2.28. The van der Waals surface area contributed by atoms with Crippen molar-refractivity contribution in [2.75, 3.05) is 13.2 Å². The summed E-state index contributed by atoms with van der Waals surface area (Å²) in [5.74, 6) is 0.709. The molecule has 0 aromatic carbocycles. The zero-order chi connectivity index (χ0) is 11.4. The molecule has 1 heterocycles. The van der Waals surface area contributed by atoms with Crippen molar-refractivity contribution in [2.45, 2.75) is 50.0 Å². The lowest BCUT2D eigenvalue weighted by Gasteiger charge is -2.13. The number of alkyl halides is 1. The van der Waals surface area contributed by atoms with Crippen molar-refractivity contribution in [3.05, 3.63) is 0 Å². The van der Waals surface area contributed by atoms with Crippen molar-refractivity contribution >= 4 is 17.5 Å². The first-order chi connectivity index (χ1) is 7.74. The van der Waals surface area contributed by atoms with Gasteiger partial charge in [0.05, 0.1) is 12.5 Å². The summed E-state index contributed by atoms with van der Waals surface area (Å²) in [5, 5.41) is 3.31. The highest BCUT2D eigenvalue weighted by Gasteiger charge is 2.24. The van der Waals surface area contributed by atoms with E-state index in [1.165, 1.54) is 0 Å². The molecule has 3 unspecified atom stereocenters. The van der Waals surface area contributed by atoms with Gasteiger partial charge in [-0.25, -0.2) is 0 Å². The van der Waals surface area contributed by atoms with Crippen LogP contribution >= 0.6 is 11.6 Å². The Morgan fingerprint density at radius 2 is 2.25 bits per heavy atom. The lowest BCUT2D eigenvalue weighted by atomic mass is 10.1. The molecule has 2 rings (SSSR count). The van der Waals surface area contributed by atoms with Gasteiger partial charge in [0, 0.05) is 18.5 Å². The summed E-state index contributed by atoms with van der Waals surface area (Å²) in [7, 11) is 0. The van der Waals surface area contributed by atoms with E-state index >= 15 is 0 Å². The maximum atomic E-state index is 11.6. The number of ether oxygens (including phenoxy) is 1. The second-order valence-electron chi connectivity index (χ2n) is 4.92. The van der Waals surface area contributed by atoms with Crippen LogP contribution in [0, 0.1) is 5.92 Å². The minimum atomic E-state index is 0.130. The predicted octanol–water partition coefficient (Wildman–Crippen LogP) is 2.08. The number of hydrogen-bond donors (Lipinski definition) is 1. The standard InChI is InChI=1S/C12H20ClNO2/c13-10-4-3-9(6-10)8-14-12(15)7-11-2-1-5-16-11/h9-11H,1-8H2,(H,14,15). The molecule has 2 fully saturated rings. The second kappa shape index (κ2) is 5.87. The first-order valence-corrected chi connectivity index (χ1v) is 6.70. The number of halogens is 1. The number of carbonyl (C=O) groups is 1. The van der Waals surface area contributed by atoms with Gasteiger partial charge in [0.15, 0.2) is 0 Å². The Bertz CT molecular complexity index is 241. The Morgan fingerprint density at radius 3 is 2.88 bits per heavy atom. The first kappa shape index (κ1) is 12.2. The molecule has 1 saturated carbocycles. The zero-order valence-corrected chi connectivity index (χ0v) is 10.3. The molecule has 1 aliphatic carbocycles. The van der Waals surface area contributed by atoms with E-state index in [2.05, 4.69) is 5.32 Å². The smallest absolute Gasteiger partial charge is 0.222 e. The summed E-state index contributed by atoms with van der Waals surface area (Å²) < 4.78 is 5.43. The van der Waals surface area contributed by atoms with Gasteiger partial charge in [0.2, 0.25) is 5.91 Å². The van der Waals surface area contributed by atoms with Crippen molar-refractivity contribution < 1.29 is 9.53 Å². The van der Waals surface area contributed by atoms with Crippen molar-refractivity contribution in [1.82, 2.24) is 5.32 Å². The Labute approximate surface area is 102 Å². The number of nitrogens with one attached hydrogen (secondary N) is 1. The van der Waals surface area contributed by atoms with E-state index in [-0.39, 0.29) is 12.0 Å². The molecular formula is C12H20ClNO2. The quantitative estimate of drug-likeness (QED) is 0.771. The Morgan fingerprint density at radius 1 is 1.38 bits per heavy atom. The van der Waals surface area contributed by atoms with E-state index in [4.69, 9.17) is 16.3 Å². The average Bonchev–Trinajstić information content (AvgIpc) is 2.87. The van der Waals surface area contributed by atoms with E-state index in [0.29, 0.717) is 17.7 Å². The minimum absolute atomic E-state index is 0.130. The minimum Gasteiger partial charge on any atom is -0.378 e. The first-order valence-electron chi connectivity index (χ1n) is 6.26. The van der Waals surface area contributed by atoms with Crippen LogP contribution in [0.15, 0.2) is 0 Å². The molecule has 1 amide bonds. The topological polar surface area (TPSA) is 38.3 Å². The monoisotopic (exact) mass is 245 g/mol. The molecule has 0 spiro atoms. The van der Waals surface area contributed by atoms with Gasteiger partial charge in [-0.1, -0.05) is 0 Å². The van der Waals surface area contributed by atoms with E-state index in [1.54, 1.807) is 0 Å². The third-order valence-corrected chi connectivity index (χ3v) is 3.90. The molecule has 92 valence electrons. The molecule has 16 heavy (non-hydrogen) atoms. The molecule has 1 N–H and O–H groups in total. The van der Waals surface area contributed by atoms with Crippen molar-refractivity contribution in [3.8, 4) is 0 Å². The van der Waals surface area contributed by atoms with Crippen LogP contribution in [0.25, 0.3) is 0 Å². The molecule has 1 saturated heterocycles. The van der Waals surface area contributed by atoms with Crippen LogP contribution in [0.5, 0.6) is 0 Å². The van der Waals surface area contributed by atoms with Crippen LogP contribution in [0.1, 0.15) is 38.5 Å². The van der Waals surface area contributed by atoms with Gasteiger partial charge < -0.3 is 10.1 Å². The Kier molecular flexibility index (Phi) is 4.47. The summed E-state index contributed by atoms with van der Waals surface area (Å²) in [6, 6.07) is 0. The van der Waals surface area contributed by atoms with Crippen molar-refractivity contribution in [1.29, 1.82) is 0 Å². The number of rotatable bonds is 4. The SMILES string of the molecule is O=C(CC1CCCO1)NCC1CCC(Cl)C1. The highest BCUT2D eigenvalue weighted by molar-refractivity contribution is 6.20. The summed E-state index contributed by atoms with van der Waals surface area (Å²) in [6.07, 6.45) is 6.08. The third-order valence-electron chi connectivity index (χ3n) is 3.50. The molecule has 0 bridgehead atoms. The lowest BCUT2D eigenvalue weighted by molar-refractivity contribution is -0.123. The number of carbonyl (C=O) groups excluding carboxylic acids is 1. The van der Waals surface area contributed by atoms with Crippen molar-refractivity contribution in [3.63, 3.8) is 0 Å². The molecule has 0 aromatic rings. The highest BCUT2D eigenvalue weighted by atomic mass is 35.5. The van der Waals surface area contributed by atoms with Gasteiger partial charge in [-0.05, 0) is 38.0 Å². The molecule has 4 heteroatoms. The molecule has 0 radical (unpaired) electrons. The van der Waals surface area contributed by atoms with E-state index < -0.39 is 0 Å². The molecule has 3 atom stereocenters. The predicted molar refractivity (Wildman–Crippen MR) is 63.6 cm³/mol. The normalized spacial score (nSPS) is 34.2. The summed E-state index contributed by atoms with van der Waals surface area (Å²) in [4.78, 5) is 11.6. The molecular weight excluding hydrogens is 226 g/mol. The number of amides is 1. The van der Waals surface area contributed by atoms with Gasteiger partial charge in [-0.2, -0.15) is 0 Å². The van der Waals surface area contributed by atoms with Crippen LogP contribution in [-0.2, 0) is 9.53 Å². The fourth-order valence-corrected chi connectivity index (χ4v) is 2.92. The fraction of sp³-hybridized carbons (Fsp3) is 0.917. The summed E-state index contributed by atoms with van der Waals surface area (Å²) >= 11 is 6.03. The molecule has 2 aliphatic rings. The molecule has 1 aliphatic heterocycles. The second-order valence-corrected chi connectivity index (χ2v) is 5.54. The van der Waals surface area contributed by atoms with Crippen LogP contribution < -0.4 is 5.32 Å². The maximum Gasteiger partial charge on any atom is 0.222 e. The van der Waals surface area contributed by atoms with Gasteiger partial charge >= 0.3 is 0 Å². The van der Waals surface area contributed by atoms with E-state index in [1.807, 2.05) is 0 Å². The number of hydrogen-bond acceptors (Lipinski definition) is 2. The maximum absolute atomic E-state index is 11.6. The van der Waals surface area contributed by atoms with Gasteiger partial charge in [0.1, 0.15) is 0 Å². The molecule has 0 aromatic heterocycles. The van der Waals surface area contributed by atoms with Crippen LogP contribution in [0.3, 0.4) is 0 Å². The van der Waals surface area contributed by atoms with Crippen LogP contribution in [-0.4, -0.2) is 30.5 Å². The van der Waals surface area contributed by atoms with Crippen LogP contribution in [0.4, 0.5) is 0 Å². The van der Waals surface area contributed by atoms with E-state index in [0.717, 1.165) is 45.3 Å². The van der Waals surface area contributed by atoms with Gasteiger partial charge in [-0.15, -0.1) is 11.6 Å². The summed E-state index contributed by atoms with van der Waals surface area (Å²) in [6.45, 7) is 1.60. The fourth-order valence-electron chi connectivity index (χ4n) is 2.54. The largest absolute Gasteiger partial charge is 0.378 e. The third kappa shape index (κ3) is 3.63. The average molecular weight is 246 g/mol.